The number of benzene rings is 2. The van der Waals surface area contributed by atoms with E-state index >= 15 is 0 Å². The van der Waals surface area contributed by atoms with Crippen molar-refractivity contribution in [3.05, 3.63) is 65.2 Å². The fourth-order valence-electron chi connectivity index (χ4n) is 2.98. The van der Waals surface area contributed by atoms with Crippen molar-refractivity contribution in [1.29, 1.82) is 5.26 Å². The molecule has 0 radical (unpaired) electrons. The van der Waals surface area contributed by atoms with Crippen LogP contribution >= 0.6 is 0 Å². The number of nitrogens with zero attached hydrogens (tertiary/aromatic N) is 3. The molecule has 1 heterocycles. The van der Waals surface area contributed by atoms with Crippen LogP contribution in [0.15, 0.2) is 53.4 Å². The number of aryl methyl sites for hydroxylation is 1. The summed E-state index contributed by atoms with van der Waals surface area (Å²) in [4.78, 5) is 2.57. The van der Waals surface area contributed by atoms with E-state index in [1.807, 2.05) is 37.3 Å². The molecule has 0 atom stereocenters. The summed E-state index contributed by atoms with van der Waals surface area (Å²) in [6.45, 7) is 5.00. The summed E-state index contributed by atoms with van der Waals surface area (Å²) in [5.74, 6) is 0. The third-order valence-electron chi connectivity index (χ3n) is 4.45. The normalized spacial score (nSPS) is 16.5. The highest BCUT2D eigenvalue weighted by Gasteiger charge is 2.28. The third kappa shape index (κ3) is 4.07. The highest BCUT2D eigenvalue weighted by molar-refractivity contribution is 7.89. The molecule has 1 fully saturated rings. The first-order valence-electron chi connectivity index (χ1n) is 8.27. The largest absolute Gasteiger partial charge is 0.296 e. The van der Waals surface area contributed by atoms with Crippen LogP contribution in [0.1, 0.15) is 16.7 Å². The lowest BCUT2D eigenvalue weighted by Gasteiger charge is -2.34. The second-order valence-electron chi connectivity index (χ2n) is 6.31. The van der Waals surface area contributed by atoms with Crippen LogP contribution in [0.3, 0.4) is 0 Å². The summed E-state index contributed by atoms with van der Waals surface area (Å²) in [5.41, 5.74) is 2.77. The molecule has 0 saturated carbocycles. The van der Waals surface area contributed by atoms with Gasteiger partial charge in [0.2, 0.25) is 10.0 Å². The Labute approximate surface area is 149 Å². The molecule has 0 bridgehead atoms. The Morgan fingerprint density at radius 3 is 2.36 bits per heavy atom. The highest BCUT2D eigenvalue weighted by Crippen LogP contribution is 2.19. The Bertz CT molecular complexity index is 878. The number of rotatable bonds is 4. The number of nitriles is 1. The lowest BCUT2D eigenvalue weighted by molar-refractivity contribution is 0.181. The standard InChI is InChI=1S/C19H21N3O2S/c1-16-5-7-19(8-6-16)25(23,24)22-11-9-21(10-12-22)15-18-4-2-3-17(13-18)14-20/h2-8,13H,9-12,15H2,1H3. The monoisotopic (exact) mass is 355 g/mol. The van der Waals surface area contributed by atoms with Crippen molar-refractivity contribution in [2.24, 2.45) is 0 Å². The topological polar surface area (TPSA) is 64.4 Å². The zero-order valence-electron chi connectivity index (χ0n) is 14.2. The second kappa shape index (κ2) is 7.36. The minimum absolute atomic E-state index is 0.355. The molecule has 2 aromatic rings. The summed E-state index contributed by atoms with van der Waals surface area (Å²) in [7, 11) is -3.42. The van der Waals surface area contributed by atoms with Crippen LogP contribution in [0, 0.1) is 18.3 Å². The van der Waals surface area contributed by atoms with Crippen LogP contribution < -0.4 is 0 Å². The number of piperazine rings is 1. The van der Waals surface area contributed by atoms with Crippen LogP contribution in [-0.4, -0.2) is 43.8 Å². The molecular weight excluding hydrogens is 334 g/mol. The van der Waals surface area contributed by atoms with Crippen molar-refractivity contribution in [2.45, 2.75) is 18.4 Å². The third-order valence-corrected chi connectivity index (χ3v) is 6.37. The van der Waals surface area contributed by atoms with Crippen LogP contribution in [0.4, 0.5) is 0 Å². The van der Waals surface area contributed by atoms with Crippen molar-refractivity contribution in [3.8, 4) is 6.07 Å². The van der Waals surface area contributed by atoms with Gasteiger partial charge in [-0.1, -0.05) is 29.8 Å². The summed E-state index contributed by atoms with van der Waals surface area (Å²) < 4.78 is 27.0. The fourth-order valence-corrected chi connectivity index (χ4v) is 4.41. The minimum atomic E-state index is -3.42. The molecule has 0 N–H and O–H groups in total. The summed E-state index contributed by atoms with van der Waals surface area (Å²) in [6.07, 6.45) is 0. The Kier molecular flexibility index (Phi) is 5.19. The maximum Gasteiger partial charge on any atom is 0.243 e. The first-order chi connectivity index (χ1) is 12.0. The zero-order valence-corrected chi connectivity index (χ0v) is 15.0. The van der Waals surface area contributed by atoms with Crippen LogP contribution in [-0.2, 0) is 16.6 Å². The first-order valence-corrected chi connectivity index (χ1v) is 9.71. The Morgan fingerprint density at radius 2 is 1.72 bits per heavy atom. The molecular formula is C19H21N3O2S. The number of sulfonamides is 1. The molecule has 2 aromatic carbocycles. The minimum Gasteiger partial charge on any atom is -0.296 e. The average molecular weight is 355 g/mol. The van der Waals surface area contributed by atoms with E-state index in [0.717, 1.165) is 17.7 Å². The number of hydrogen-bond acceptors (Lipinski definition) is 4. The van der Waals surface area contributed by atoms with Crippen molar-refractivity contribution >= 4 is 10.0 Å². The van der Waals surface area contributed by atoms with E-state index in [9.17, 15) is 8.42 Å². The summed E-state index contributed by atoms with van der Waals surface area (Å²) in [6, 6.07) is 16.7. The SMILES string of the molecule is Cc1ccc(S(=O)(=O)N2CCN(Cc3cccc(C#N)c3)CC2)cc1. The maximum absolute atomic E-state index is 12.7. The van der Waals surface area contributed by atoms with Gasteiger partial charge in [0.15, 0.2) is 0 Å². The van der Waals surface area contributed by atoms with Crippen molar-refractivity contribution < 1.29 is 8.42 Å². The molecule has 1 aliphatic rings. The van der Waals surface area contributed by atoms with Crippen molar-refractivity contribution in [2.75, 3.05) is 26.2 Å². The van der Waals surface area contributed by atoms with Gasteiger partial charge in [-0.2, -0.15) is 9.57 Å². The van der Waals surface area contributed by atoms with E-state index in [-0.39, 0.29) is 0 Å². The molecule has 0 aromatic heterocycles. The molecule has 130 valence electrons. The molecule has 0 amide bonds. The van der Waals surface area contributed by atoms with E-state index in [4.69, 9.17) is 5.26 Å². The van der Waals surface area contributed by atoms with E-state index in [2.05, 4.69) is 11.0 Å². The average Bonchev–Trinajstić information content (AvgIpc) is 2.63. The Balaban J connectivity index is 1.63. The van der Waals surface area contributed by atoms with E-state index < -0.39 is 10.0 Å². The molecule has 25 heavy (non-hydrogen) atoms. The van der Waals surface area contributed by atoms with E-state index in [1.54, 1.807) is 22.5 Å². The second-order valence-corrected chi connectivity index (χ2v) is 8.24. The predicted molar refractivity (Wildman–Crippen MR) is 96.4 cm³/mol. The van der Waals surface area contributed by atoms with Gasteiger partial charge in [-0.25, -0.2) is 8.42 Å². The van der Waals surface area contributed by atoms with Crippen LogP contribution in [0.25, 0.3) is 0 Å². The van der Waals surface area contributed by atoms with E-state index in [1.165, 1.54) is 0 Å². The highest BCUT2D eigenvalue weighted by atomic mass is 32.2. The van der Waals surface area contributed by atoms with Gasteiger partial charge in [-0.05, 0) is 36.8 Å². The van der Waals surface area contributed by atoms with Gasteiger partial charge in [0.1, 0.15) is 0 Å². The van der Waals surface area contributed by atoms with Gasteiger partial charge < -0.3 is 0 Å². The predicted octanol–water partition coefficient (Wildman–Crippen LogP) is 2.37. The van der Waals surface area contributed by atoms with Gasteiger partial charge in [0, 0.05) is 32.7 Å². The van der Waals surface area contributed by atoms with E-state index in [0.29, 0.717) is 36.6 Å². The molecule has 0 unspecified atom stereocenters. The lowest BCUT2D eigenvalue weighted by Crippen LogP contribution is -2.48. The van der Waals surface area contributed by atoms with Gasteiger partial charge in [0.25, 0.3) is 0 Å². The molecule has 6 heteroatoms. The van der Waals surface area contributed by atoms with Gasteiger partial charge >= 0.3 is 0 Å². The van der Waals surface area contributed by atoms with Crippen molar-refractivity contribution in [3.63, 3.8) is 0 Å². The van der Waals surface area contributed by atoms with Gasteiger partial charge in [0.05, 0.1) is 16.5 Å². The molecule has 0 spiro atoms. The first kappa shape index (κ1) is 17.6. The summed E-state index contributed by atoms with van der Waals surface area (Å²) >= 11 is 0. The molecule has 1 saturated heterocycles. The molecule has 3 rings (SSSR count). The summed E-state index contributed by atoms with van der Waals surface area (Å²) in [5, 5.41) is 8.98. The smallest absolute Gasteiger partial charge is 0.243 e. The zero-order chi connectivity index (χ0) is 17.9. The van der Waals surface area contributed by atoms with Gasteiger partial charge in [-0.15, -0.1) is 0 Å². The maximum atomic E-state index is 12.7. The molecule has 0 aliphatic carbocycles. The van der Waals surface area contributed by atoms with Gasteiger partial charge in [-0.3, -0.25) is 4.90 Å². The van der Waals surface area contributed by atoms with Crippen molar-refractivity contribution in [1.82, 2.24) is 9.21 Å². The fraction of sp³-hybridized carbons (Fsp3) is 0.316. The van der Waals surface area contributed by atoms with Crippen LogP contribution in [0.5, 0.6) is 0 Å². The molecule has 1 aliphatic heterocycles. The number of hydrogen-bond donors (Lipinski definition) is 0. The lowest BCUT2D eigenvalue weighted by atomic mass is 10.1. The Hall–Kier alpha value is -2.20. The Morgan fingerprint density at radius 1 is 1.04 bits per heavy atom. The quantitative estimate of drug-likeness (QED) is 0.845. The van der Waals surface area contributed by atoms with Crippen LogP contribution in [0.2, 0.25) is 0 Å². The molecule has 5 nitrogen and oxygen atoms in total.